The van der Waals surface area contributed by atoms with Gasteiger partial charge in [-0.05, 0) is 19.3 Å². The van der Waals surface area contributed by atoms with Gasteiger partial charge in [0.25, 0.3) is 0 Å². The maximum Gasteiger partial charge on any atom is 0.115 e. The molecule has 2 rings (SSSR count). The highest BCUT2D eigenvalue weighted by atomic mass is 19.1. The summed E-state index contributed by atoms with van der Waals surface area (Å²) in [4.78, 5) is 0. The molecule has 1 heterocycles. The Labute approximate surface area is 83.3 Å². The standard InChI is InChI=1S/C10H16FN3/c1-14-7-8(6-13-14)5-12-10-4-2-3-9(10)11/h6-7,9-10,12H,2-5H2,1H3. The molecule has 14 heavy (non-hydrogen) atoms. The summed E-state index contributed by atoms with van der Waals surface area (Å²) < 4.78 is 15.0. The van der Waals surface area contributed by atoms with Crippen molar-refractivity contribution >= 4 is 0 Å². The predicted octanol–water partition coefficient (Wildman–Crippen LogP) is 1.40. The smallest absolute Gasteiger partial charge is 0.115 e. The average molecular weight is 197 g/mol. The zero-order chi connectivity index (χ0) is 9.97. The van der Waals surface area contributed by atoms with Crippen LogP contribution in [0.3, 0.4) is 0 Å². The summed E-state index contributed by atoms with van der Waals surface area (Å²) in [6, 6.07) is 0.0511. The van der Waals surface area contributed by atoms with Crippen LogP contribution in [0.25, 0.3) is 0 Å². The molecule has 0 radical (unpaired) electrons. The first-order chi connectivity index (χ1) is 6.75. The highest BCUT2D eigenvalue weighted by molar-refractivity contribution is 5.03. The van der Waals surface area contributed by atoms with Crippen molar-refractivity contribution in [3.05, 3.63) is 18.0 Å². The van der Waals surface area contributed by atoms with Gasteiger partial charge in [-0.25, -0.2) is 4.39 Å². The number of rotatable bonds is 3. The molecule has 0 amide bonds. The summed E-state index contributed by atoms with van der Waals surface area (Å²) in [7, 11) is 1.89. The van der Waals surface area contributed by atoms with E-state index in [9.17, 15) is 4.39 Å². The van der Waals surface area contributed by atoms with Gasteiger partial charge in [-0.1, -0.05) is 0 Å². The predicted molar refractivity (Wildman–Crippen MR) is 52.6 cm³/mol. The average Bonchev–Trinajstić information content (AvgIpc) is 2.72. The summed E-state index contributed by atoms with van der Waals surface area (Å²) in [5.41, 5.74) is 1.12. The number of alkyl halides is 1. The van der Waals surface area contributed by atoms with Crippen LogP contribution >= 0.6 is 0 Å². The number of halogens is 1. The van der Waals surface area contributed by atoms with Crippen LogP contribution in [0.1, 0.15) is 24.8 Å². The Balaban J connectivity index is 1.82. The molecule has 1 aliphatic rings. The molecular weight excluding hydrogens is 181 g/mol. The van der Waals surface area contributed by atoms with Crippen LogP contribution in [0.4, 0.5) is 4.39 Å². The summed E-state index contributed by atoms with van der Waals surface area (Å²) in [6.45, 7) is 0.721. The highest BCUT2D eigenvalue weighted by Gasteiger charge is 2.26. The topological polar surface area (TPSA) is 29.9 Å². The third-order valence-corrected chi connectivity index (χ3v) is 2.76. The van der Waals surface area contributed by atoms with Gasteiger partial charge < -0.3 is 5.32 Å². The second kappa shape index (κ2) is 4.09. The maximum atomic E-state index is 13.2. The molecule has 1 fully saturated rings. The summed E-state index contributed by atoms with van der Waals surface area (Å²) in [5, 5.41) is 7.30. The second-order valence-electron chi connectivity index (χ2n) is 3.96. The first-order valence-corrected chi connectivity index (χ1v) is 5.10. The molecule has 78 valence electrons. The lowest BCUT2D eigenvalue weighted by Gasteiger charge is -2.13. The molecule has 3 nitrogen and oxygen atoms in total. The summed E-state index contributed by atoms with van der Waals surface area (Å²) >= 11 is 0. The summed E-state index contributed by atoms with van der Waals surface area (Å²) in [5.74, 6) is 0. The van der Waals surface area contributed by atoms with Gasteiger partial charge in [0.05, 0.1) is 6.20 Å². The minimum absolute atomic E-state index is 0.0511. The molecule has 0 saturated heterocycles. The quantitative estimate of drug-likeness (QED) is 0.793. The molecular formula is C10H16FN3. The number of hydrogen-bond acceptors (Lipinski definition) is 2. The van der Waals surface area contributed by atoms with Crippen molar-refractivity contribution in [1.29, 1.82) is 0 Å². The SMILES string of the molecule is Cn1cc(CNC2CCCC2F)cn1. The third-order valence-electron chi connectivity index (χ3n) is 2.76. The van der Waals surface area contributed by atoms with E-state index in [1.165, 1.54) is 0 Å². The fourth-order valence-electron chi connectivity index (χ4n) is 1.96. The van der Waals surface area contributed by atoms with Crippen molar-refractivity contribution in [1.82, 2.24) is 15.1 Å². The van der Waals surface area contributed by atoms with E-state index >= 15 is 0 Å². The van der Waals surface area contributed by atoms with Gasteiger partial charge in [-0.2, -0.15) is 5.10 Å². The van der Waals surface area contributed by atoms with Gasteiger partial charge in [0.2, 0.25) is 0 Å². The molecule has 1 aromatic rings. The summed E-state index contributed by atoms with van der Waals surface area (Å²) in [6.07, 6.45) is 5.79. The fraction of sp³-hybridized carbons (Fsp3) is 0.700. The first-order valence-electron chi connectivity index (χ1n) is 5.10. The number of aromatic nitrogens is 2. The van der Waals surface area contributed by atoms with Crippen LogP contribution in [-0.4, -0.2) is 22.0 Å². The van der Waals surface area contributed by atoms with Crippen LogP contribution in [0.15, 0.2) is 12.4 Å². The zero-order valence-electron chi connectivity index (χ0n) is 8.41. The van der Waals surface area contributed by atoms with Crippen LogP contribution < -0.4 is 5.32 Å². The number of hydrogen-bond donors (Lipinski definition) is 1. The molecule has 1 aromatic heterocycles. The van der Waals surface area contributed by atoms with Crippen LogP contribution in [0, 0.1) is 0 Å². The largest absolute Gasteiger partial charge is 0.307 e. The van der Waals surface area contributed by atoms with Gasteiger partial charge >= 0.3 is 0 Å². The molecule has 1 N–H and O–H groups in total. The van der Waals surface area contributed by atoms with Crippen LogP contribution in [-0.2, 0) is 13.6 Å². The Morgan fingerprint density at radius 1 is 1.64 bits per heavy atom. The van der Waals surface area contributed by atoms with Crippen molar-refractivity contribution in [3.8, 4) is 0 Å². The normalized spacial score (nSPS) is 27.0. The lowest BCUT2D eigenvalue weighted by atomic mass is 10.2. The van der Waals surface area contributed by atoms with Crippen LogP contribution in [0.2, 0.25) is 0 Å². The van der Waals surface area contributed by atoms with Gasteiger partial charge in [-0.3, -0.25) is 4.68 Å². The molecule has 1 aliphatic carbocycles. The van der Waals surface area contributed by atoms with E-state index in [2.05, 4.69) is 10.4 Å². The van der Waals surface area contributed by atoms with Gasteiger partial charge in [-0.15, -0.1) is 0 Å². The molecule has 2 atom stereocenters. The Hall–Kier alpha value is -0.900. The van der Waals surface area contributed by atoms with Crippen molar-refractivity contribution in [2.75, 3.05) is 0 Å². The Morgan fingerprint density at radius 3 is 3.07 bits per heavy atom. The van der Waals surface area contributed by atoms with E-state index in [1.807, 2.05) is 19.4 Å². The second-order valence-corrected chi connectivity index (χ2v) is 3.96. The number of nitrogens with one attached hydrogen (secondary N) is 1. The van der Waals surface area contributed by atoms with Crippen molar-refractivity contribution in [2.45, 2.75) is 38.0 Å². The molecule has 1 saturated carbocycles. The molecule has 4 heteroatoms. The highest BCUT2D eigenvalue weighted by Crippen LogP contribution is 2.22. The fourth-order valence-corrected chi connectivity index (χ4v) is 1.96. The van der Waals surface area contributed by atoms with E-state index in [1.54, 1.807) is 4.68 Å². The lowest BCUT2D eigenvalue weighted by Crippen LogP contribution is -2.32. The first kappa shape index (κ1) is 9.65. The number of nitrogens with zero attached hydrogens (tertiary/aromatic N) is 2. The molecule has 0 aromatic carbocycles. The van der Waals surface area contributed by atoms with E-state index < -0.39 is 6.17 Å². The molecule has 0 bridgehead atoms. The van der Waals surface area contributed by atoms with E-state index in [4.69, 9.17) is 0 Å². The van der Waals surface area contributed by atoms with E-state index in [0.29, 0.717) is 6.42 Å². The minimum atomic E-state index is -0.660. The molecule has 0 aliphatic heterocycles. The Kier molecular flexibility index (Phi) is 2.82. The lowest BCUT2D eigenvalue weighted by molar-refractivity contribution is 0.279. The number of aryl methyl sites for hydroxylation is 1. The van der Waals surface area contributed by atoms with E-state index in [-0.39, 0.29) is 6.04 Å². The molecule has 0 spiro atoms. The monoisotopic (exact) mass is 197 g/mol. The Morgan fingerprint density at radius 2 is 2.50 bits per heavy atom. The van der Waals surface area contributed by atoms with Crippen molar-refractivity contribution in [3.63, 3.8) is 0 Å². The molecule has 2 unspecified atom stereocenters. The van der Waals surface area contributed by atoms with E-state index in [0.717, 1.165) is 24.9 Å². The van der Waals surface area contributed by atoms with Crippen LogP contribution in [0.5, 0.6) is 0 Å². The minimum Gasteiger partial charge on any atom is -0.307 e. The van der Waals surface area contributed by atoms with Gasteiger partial charge in [0.15, 0.2) is 0 Å². The maximum absolute atomic E-state index is 13.2. The van der Waals surface area contributed by atoms with Gasteiger partial charge in [0, 0.05) is 31.4 Å². The van der Waals surface area contributed by atoms with Gasteiger partial charge in [0.1, 0.15) is 6.17 Å². The third kappa shape index (κ3) is 2.12. The van der Waals surface area contributed by atoms with Crippen molar-refractivity contribution < 1.29 is 4.39 Å². The van der Waals surface area contributed by atoms with Crippen molar-refractivity contribution in [2.24, 2.45) is 7.05 Å². The zero-order valence-corrected chi connectivity index (χ0v) is 8.41. The Bertz CT molecular complexity index is 297.